The van der Waals surface area contributed by atoms with E-state index in [4.69, 9.17) is 10.5 Å². The van der Waals surface area contributed by atoms with Crippen LogP contribution in [0.3, 0.4) is 0 Å². The summed E-state index contributed by atoms with van der Waals surface area (Å²) in [7, 11) is 1.61. The van der Waals surface area contributed by atoms with Crippen LogP contribution in [0, 0.1) is 5.92 Å². The highest BCUT2D eigenvalue weighted by Gasteiger charge is 2.29. The Balaban J connectivity index is 0.00000192. The molecule has 23 heavy (non-hydrogen) atoms. The van der Waals surface area contributed by atoms with E-state index in [1.54, 1.807) is 7.11 Å². The van der Waals surface area contributed by atoms with Crippen LogP contribution in [0.25, 0.3) is 10.4 Å². The Morgan fingerprint density at radius 2 is 2.13 bits per heavy atom. The van der Waals surface area contributed by atoms with Crippen molar-refractivity contribution in [1.29, 1.82) is 0 Å². The summed E-state index contributed by atoms with van der Waals surface area (Å²) in [5.74, 6) is 1.13. The molecular formula is C17H21ClN2O2S. The third-order valence-electron chi connectivity index (χ3n) is 4.08. The van der Waals surface area contributed by atoms with Gasteiger partial charge in [-0.05, 0) is 30.5 Å². The summed E-state index contributed by atoms with van der Waals surface area (Å²) < 4.78 is 5.42. The van der Waals surface area contributed by atoms with Crippen LogP contribution in [0.1, 0.15) is 16.1 Å². The van der Waals surface area contributed by atoms with E-state index in [0.717, 1.165) is 30.0 Å². The van der Waals surface area contributed by atoms with Crippen LogP contribution < -0.4 is 10.5 Å². The van der Waals surface area contributed by atoms with Gasteiger partial charge in [0.05, 0.1) is 7.11 Å². The number of likely N-dealkylation sites (tertiary alicyclic amines) is 1. The minimum atomic E-state index is 0. The van der Waals surface area contributed by atoms with Gasteiger partial charge in [-0.3, -0.25) is 4.79 Å². The minimum Gasteiger partial charge on any atom is -0.495 e. The lowest BCUT2D eigenvalue weighted by Crippen LogP contribution is -2.29. The summed E-state index contributed by atoms with van der Waals surface area (Å²) in [4.78, 5) is 16.4. The number of amides is 1. The number of ether oxygens (including phenoxy) is 1. The summed E-state index contributed by atoms with van der Waals surface area (Å²) in [6, 6.07) is 12.0. The number of hydrogen-bond acceptors (Lipinski definition) is 4. The first-order valence-corrected chi connectivity index (χ1v) is 8.27. The van der Waals surface area contributed by atoms with E-state index in [-0.39, 0.29) is 18.3 Å². The fourth-order valence-electron chi connectivity index (χ4n) is 2.77. The van der Waals surface area contributed by atoms with Gasteiger partial charge in [-0.25, -0.2) is 0 Å². The first kappa shape index (κ1) is 17.8. The number of nitrogens with two attached hydrogens (primary N) is 1. The molecule has 1 atom stereocenters. The van der Waals surface area contributed by atoms with Crippen molar-refractivity contribution in [3.05, 3.63) is 41.3 Å². The van der Waals surface area contributed by atoms with Crippen LogP contribution in [0.15, 0.2) is 36.4 Å². The van der Waals surface area contributed by atoms with Crippen molar-refractivity contribution in [2.75, 3.05) is 26.7 Å². The lowest BCUT2D eigenvalue weighted by molar-refractivity contribution is 0.0789. The molecule has 1 saturated heterocycles. The Bertz CT molecular complexity index is 660. The number of hydrogen-bond donors (Lipinski definition) is 1. The maximum absolute atomic E-state index is 12.7. The fourth-order valence-corrected chi connectivity index (χ4v) is 3.87. The summed E-state index contributed by atoms with van der Waals surface area (Å²) in [6.07, 6.45) is 0.988. The Kier molecular flexibility index (Phi) is 6.04. The molecule has 1 amide bonds. The molecule has 124 valence electrons. The summed E-state index contributed by atoms with van der Waals surface area (Å²) in [6.45, 7) is 2.17. The van der Waals surface area contributed by atoms with Crippen LogP contribution in [0.4, 0.5) is 0 Å². The molecule has 3 rings (SSSR count). The topological polar surface area (TPSA) is 55.6 Å². The quantitative estimate of drug-likeness (QED) is 0.918. The second-order valence-corrected chi connectivity index (χ2v) is 6.57. The zero-order valence-corrected chi connectivity index (χ0v) is 14.7. The summed E-state index contributed by atoms with van der Waals surface area (Å²) >= 11 is 1.49. The van der Waals surface area contributed by atoms with Gasteiger partial charge >= 0.3 is 0 Å². The van der Waals surface area contributed by atoms with Crippen LogP contribution >= 0.6 is 23.7 Å². The number of halogens is 1. The molecule has 2 aromatic rings. The number of thiophene rings is 1. The monoisotopic (exact) mass is 352 g/mol. The Morgan fingerprint density at radius 3 is 2.74 bits per heavy atom. The standard InChI is InChI=1S/C17H20N2O2S.ClH/c1-21-14-9-15(13-5-3-2-4-6-13)22-16(14)17(20)19-8-7-12(10-18)11-19;/h2-6,9,12H,7-8,10-11,18H2,1H3;1H. The van der Waals surface area contributed by atoms with Gasteiger partial charge in [0.1, 0.15) is 10.6 Å². The van der Waals surface area contributed by atoms with Crippen molar-refractivity contribution in [2.45, 2.75) is 6.42 Å². The smallest absolute Gasteiger partial charge is 0.267 e. The molecule has 0 saturated carbocycles. The molecule has 0 aliphatic carbocycles. The molecule has 1 aliphatic heterocycles. The van der Waals surface area contributed by atoms with Gasteiger partial charge in [-0.15, -0.1) is 23.7 Å². The highest BCUT2D eigenvalue weighted by Crippen LogP contribution is 2.37. The predicted octanol–water partition coefficient (Wildman–Crippen LogP) is 3.27. The zero-order chi connectivity index (χ0) is 15.5. The lowest BCUT2D eigenvalue weighted by Gasteiger charge is -2.15. The molecule has 0 bridgehead atoms. The number of rotatable bonds is 4. The first-order chi connectivity index (χ1) is 10.7. The van der Waals surface area contributed by atoms with E-state index in [0.29, 0.717) is 23.1 Å². The van der Waals surface area contributed by atoms with E-state index in [1.807, 2.05) is 41.3 Å². The average Bonchev–Trinajstić information content (AvgIpc) is 3.21. The number of carbonyl (C=O) groups excluding carboxylic acids is 1. The number of carbonyl (C=O) groups is 1. The average molecular weight is 353 g/mol. The SMILES string of the molecule is COc1cc(-c2ccccc2)sc1C(=O)N1CCC(CN)C1.Cl. The third-order valence-corrected chi connectivity index (χ3v) is 5.23. The minimum absolute atomic E-state index is 0. The molecule has 1 unspecified atom stereocenters. The van der Waals surface area contributed by atoms with Crippen LogP contribution in [-0.2, 0) is 0 Å². The zero-order valence-electron chi connectivity index (χ0n) is 13.0. The Hall–Kier alpha value is -1.56. The number of nitrogens with zero attached hydrogens (tertiary/aromatic N) is 1. The van der Waals surface area contributed by atoms with Gasteiger partial charge in [-0.2, -0.15) is 0 Å². The number of methoxy groups -OCH3 is 1. The third kappa shape index (κ3) is 3.68. The molecule has 0 radical (unpaired) electrons. The molecule has 6 heteroatoms. The van der Waals surface area contributed by atoms with Crippen LogP contribution in [0.5, 0.6) is 5.75 Å². The van der Waals surface area contributed by atoms with Crippen LogP contribution in [0.2, 0.25) is 0 Å². The highest BCUT2D eigenvalue weighted by atomic mass is 35.5. The normalized spacial score (nSPS) is 17.0. The lowest BCUT2D eigenvalue weighted by atomic mass is 10.1. The van der Waals surface area contributed by atoms with Crippen molar-refractivity contribution in [2.24, 2.45) is 11.7 Å². The first-order valence-electron chi connectivity index (χ1n) is 7.45. The highest BCUT2D eigenvalue weighted by molar-refractivity contribution is 7.17. The fraction of sp³-hybridized carbons (Fsp3) is 0.353. The molecule has 1 aromatic carbocycles. The molecule has 0 spiro atoms. The molecular weight excluding hydrogens is 332 g/mol. The molecule has 4 nitrogen and oxygen atoms in total. The van der Waals surface area contributed by atoms with Gasteiger partial charge < -0.3 is 15.4 Å². The summed E-state index contributed by atoms with van der Waals surface area (Å²) in [5, 5.41) is 0. The maximum atomic E-state index is 12.7. The predicted molar refractivity (Wildman–Crippen MR) is 96.6 cm³/mol. The second kappa shape index (κ2) is 7.81. The van der Waals surface area contributed by atoms with Gasteiger partial charge in [-0.1, -0.05) is 30.3 Å². The van der Waals surface area contributed by atoms with E-state index in [2.05, 4.69) is 0 Å². The Labute approximate surface area is 146 Å². The van der Waals surface area contributed by atoms with Gasteiger partial charge in [0, 0.05) is 18.0 Å². The van der Waals surface area contributed by atoms with Crippen molar-refractivity contribution in [1.82, 2.24) is 4.90 Å². The van der Waals surface area contributed by atoms with Crippen molar-refractivity contribution >= 4 is 29.7 Å². The largest absolute Gasteiger partial charge is 0.495 e. The Morgan fingerprint density at radius 1 is 1.39 bits per heavy atom. The molecule has 1 fully saturated rings. The van der Waals surface area contributed by atoms with Crippen molar-refractivity contribution < 1.29 is 9.53 Å². The van der Waals surface area contributed by atoms with E-state index in [9.17, 15) is 4.79 Å². The van der Waals surface area contributed by atoms with E-state index in [1.165, 1.54) is 11.3 Å². The maximum Gasteiger partial charge on any atom is 0.267 e. The van der Waals surface area contributed by atoms with Crippen molar-refractivity contribution in [3.8, 4) is 16.2 Å². The van der Waals surface area contributed by atoms with E-state index >= 15 is 0 Å². The van der Waals surface area contributed by atoms with E-state index < -0.39 is 0 Å². The molecule has 1 aromatic heterocycles. The van der Waals surface area contributed by atoms with Crippen molar-refractivity contribution in [3.63, 3.8) is 0 Å². The molecule has 1 aliphatic rings. The van der Waals surface area contributed by atoms with Gasteiger partial charge in [0.15, 0.2) is 0 Å². The second-order valence-electron chi connectivity index (χ2n) is 5.52. The van der Waals surface area contributed by atoms with Gasteiger partial charge in [0.25, 0.3) is 5.91 Å². The number of benzene rings is 1. The molecule has 2 N–H and O–H groups in total. The summed E-state index contributed by atoms with van der Waals surface area (Å²) in [5.41, 5.74) is 6.81. The molecule has 2 heterocycles. The van der Waals surface area contributed by atoms with Gasteiger partial charge in [0.2, 0.25) is 0 Å². The van der Waals surface area contributed by atoms with Crippen LogP contribution in [-0.4, -0.2) is 37.6 Å².